The molecule has 11 heteroatoms. The van der Waals surface area contributed by atoms with Crippen LogP contribution in [0.4, 0.5) is 0 Å². The van der Waals surface area contributed by atoms with E-state index >= 15 is 0 Å². The van der Waals surface area contributed by atoms with Crippen molar-refractivity contribution in [3.8, 4) is 11.5 Å². The Morgan fingerprint density at radius 3 is 2.60 bits per heavy atom. The molecule has 0 saturated heterocycles. The maximum absolute atomic E-state index is 13.9. The van der Waals surface area contributed by atoms with Gasteiger partial charge in [-0.1, -0.05) is 55.0 Å². The van der Waals surface area contributed by atoms with Gasteiger partial charge in [0.2, 0.25) is 11.8 Å². The van der Waals surface area contributed by atoms with Crippen LogP contribution in [0.3, 0.4) is 0 Å². The Balaban J connectivity index is 1.56. The number of nitrogens with one attached hydrogen (secondary N) is 1. The van der Waals surface area contributed by atoms with E-state index in [1.165, 1.54) is 26.0 Å². The van der Waals surface area contributed by atoms with Gasteiger partial charge < -0.3 is 29.9 Å². The van der Waals surface area contributed by atoms with Crippen LogP contribution >= 0.6 is 23.2 Å². The van der Waals surface area contributed by atoms with Crippen molar-refractivity contribution in [2.45, 2.75) is 69.2 Å². The Hall–Kier alpha value is -3.11. The molecule has 1 fully saturated rings. The van der Waals surface area contributed by atoms with E-state index in [0.29, 0.717) is 56.9 Å². The highest BCUT2D eigenvalue weighted by molar-refractivity contribution is 6.42. The van der Waals surface area contributed by atoms with Crippen LogP contribution in [0.5, 0.6) is 11.5 Å². The monoisotopic (exact) mass is 630 g/mol. The molecule has 4 atom stereocenters. The zero-order valence-electron chi connectivity index (χ0n) is 23.9. The fraction of sp³-hybridized carbons (Fsp3) is 0.469. The average molecular weight is 632 g/mol. The normalized spacial score (nSPS) is 22.7. The molecule has 2 aliphatic carbocycles. The molecule has 1 heterocycles. The number of ether oxygens (including phenoxy) is 2. The van der Waals surface area contributed by atoms with Gasteiger partial charge >= 0.3 is 0 Å². The summed E-state index contributed by atoms with van der Waals surface area (Å²) in [5.74, 6) is -0.266. The molecule has 3 N–H and O–H groups in total. The minimum absolute atomic E-state index is 0.0134. The minimum Gasteiger partial charge on any atom is -0.493 e. The molecule has 2 aromatic rings. The lowest BCUT2D eigenvalue weighted by atomic mass is 9.77. The third-order valence-electron chi connectivity index (χ3n) is 8.67. The number of aliphatic hydroxyl groups is 2. The van der Waals surface area contributed by atoms with Crippen LogP contribution in [0.2, 0.25) is 10.0 Å². The van der Waals surface area contributed by atoms with Gasteiger partial charge in [-0.05, 0) is 48.2 Å². The first-order chi connectivity index (χ1) is 20.7. The predicted molar refractivity (Wildman–Crippen MR) is 162 cm³/mol. The lowest BCUT2D eigenvalue weighted by Gasteiger charge is -2.41. The van der Waals surface area contributed by atoms with E-state index in [1.54, 1.807) is 35.2 Å². The van der Waals surface area contributed by atoms with Gasteiger partial charge in [0, 0.05) is 36.2 Å². The topological polar surface area (TPSA) is 125 Å². The molecular formula is C32H36Cl2N2O7. The van der Waals surface area contributed by atoms with E-state index in [2.05, 4.69) is 5.32 Å². The Kier molecular flexibility index (Phi) is 9.96. The van der Waals surface area contributed by atoms with E-state index in [0.717, 1.165) is 19.3 Å². The van der Waals surface area contributed by atoms with Crippen molar-refractivity contribution < 1.29 is 34.1 Å². The Morgan fingerprint density at radius 1 is 1.16 bits per heavy atom. The van der Waals surface area contributed by atoms with Gasteiger partial charge in [0.15, 0.2) is 11.5 Å². The number of rotatable bonds is 11. The van der Waals surface area contributed by atoms with E-state index in [-0.39, 0.29) is 31.2 Å². The number of aliphatic hydroxyl groups excluding tert-OH is 2. The van der Waals surface area contributed by atoms with Gasteiger partial charge in [0.25, 0.3) is 0 Å². The summed E-state index contributed by atoms with van der Waals surface area (Å²) in [6.45, 7) is -0.134. The number of hydrogen-bond acceptors (Lipinski definition) is 7. The molecule has 1 aliphatic heterocycles. The summed E-state index contributed by atoms with van der Waals surface area (Å²) in [5.41, 5.74) is 1.83. The van der Waals surface area contributed by atoms with E-state index in [4.69, 9.17) is 32.7 Å². The number of hydrogen-bond donors (Lipinski definition) is 3. The number of nitrogens with zero attached hydrogens (tertiary/aromatic N) is 1. The van der Waals surface area contributed by atoms with Crippen LogP contribution < -0.4 is 14.8 Å². The largest absolute Gasteiger partial charge is 0.493 e. The molecule has 9 nitrogen and oxygen atoms in total. The third-order valence-corrected chi connectivity index (χ3v) is 9.41. The smallest absolute Gasteiger partial charge is 0.247 e. The quantitative estimate of drug-likeness (QED) is 0.314. The first-order valence-corrected chi connectivity index (χ1v) is 15.4. The SMILES string of the molecule is COc1cc(C=O)cc2c1OC1C2C(C(=O)NCCO)=CC(N(Cc2ccc(Cl)c(Cl)c2)C(=O)CCC2CCCC2)C1O. The van der Waals surface area contributed by atoms with Gasteiger partial charge in [-0.25, -0.2) is 0 Å². The van der Waals surface area contributed by atoms with Crippen molar-refractivity contribution in [1.82, 2.24) is 10.2 Å². The van der Waals surface area contributed by atoms with E-state index in [1.807, 2.05) is 0 Å². The van der Waals surface area contributed by atoms with Crippen LogP contribution in [0.1, 0.15) is 65.9 Å². The second-order valence-electron chi connectivity index (χ2n) is 11.4. The first-order valence-electron chi connectivity index (χ1n) is 14.6. The van der Waals surface area contributed by atoms with Crippen molar-refractivity contribution in [3.63, 3.8) is 0 Å². The summed E-state index contributed by atoms with van der Waals surface area (Å²) in [5, 5.41) is 24.7. The maximum Gasteiger partial charge on any atom is 0.247 e. The van der Waals surface area contributed by atoms with Gasteiger partial charge in [0.05, 0.1) is 35.7 Å². The molecule has 43 heavy (non-hydrogen) atoms. The van der Waals surface area contributed by atoms with Crippen LogP contribution in [-0.4, -0.2) is 71.7 Å². The molecule has 5 rings (SSSR count). The number of methoxy groups -OCH3 is 1. The maximum atomic E-state index is 13.9. The molecule has 0 bridgehead atoms. The summed E-state index contributed by atoms with van der Waals surface area (Å²) in [7, 11) is 1.45. The van der Waals surface area contributed by atoms with Crippen molar-refractivity contribution in [2.75, 3.05) is 20.3 Å². The van der Waals surface area contributed by atoms with Gasteiger partial charge in [-0.15, -0.1) is 0 Å². The summed E-state index contributed by atoms with van der Waals surface area (Å²) in [6.07, 6.45) is 5.68. The number of carbonyl (C=O) groups is 3. The summed E-state index contributed by atoms with van der Waals surface area (Å²) in [6, 6.07) is 7.35. The number of fused-ring (bicyclic) bond motifs is 3. The molecule has 4 unspecified atom stereocenters. The van der Waals surface area contributed by atoms with Crippen LogP contribution in [0, 0.1) is 5.92 Å². The third kappa shape index (κ3) is 6.55. The van der Waals surface area contributed by atoms with Crippen molar-refractivity contribution in [3.05, 3.63) is 68.7 Å². The zero-order valence-corrected chi connectivity index (χ0v) is 25.4. The highest BCUT2D eigenvalue weighted by Crippen LogP contribution is 2.51. The van der Waals surface area contributed by atoms with Crippen LogP contribution in [0.15, 0.2) is 42.0 Å². The number of carbonyl (C=O) groups excluding carboxylic acids is 3. The van der Waals surface area contributed by atoms with Gasteiger partial charge in [0.1, 0.15) is 18.5 Å². The van der Waals surface area contributed by atoms with Crippen LogP contribution in [-0.2, 0) is 16.1 Å². The molecule has 3 aliphatic rings. The Labute approximate surface area is 260 Å². The molecule has 2 amide bonds. The molecule has 0 radical (unpaired) electrons. The summed E-state index contributed by atoms with van der Waals surface area (Å²) < 4.78 is 11.8. The first kappa shape index (κ1) is 31.3. The summed E-state index contributed by atoms with van der Waals surface area (Å²) >= 11 is 12.5. The highest BCUT2D eigenvalue weighted by Gasteiger charge is 2.51. The second kappa shape index (κ2) is 13.7. The van der Waals surface area contributed by atoms with E-state index < -0.39 is 30.1 Å². The average Bonchev–Trinajstić information content (AvgIpc) is 3.68. The number of aldehydes is 1. The Bertz CT molecular complexity index is 1410. The highest BCUT2D eigenvalue weighted by atomic mass is 35.5. The Morgan fingerprint density at radius 2 is 1.93 bits per heavy atom. The minimum atomic E-state index is -1.23. The van der Waals surface area contributed by atoms with Crippen molar-refractivity contribution in [1.29, 1.82) is 0 Å². The molecular weight excluding hydrogens is 595 g/mol. The summed E-state index contributed by atoms with van der Waals surface area (Å²) in [4.78, 5) is 40.8. The number of halogens is 2. The van der Waals surface area contributed by atoms with Crippen molar-refractivity contribution in [2.24, 2.45) is 5.92 Å². The van der Waals surface area contributed by atoms with Crippen LogP contribution in [0.25, 0.3) is 0 Å². The lowest BCUT2D eigenvalue weighted by Crippen LogP contribution is -2.55. The van der Waals surface area contributed by atoms with Gasteiger partial charge in [-0.3, -0.25) is 14.4 Å². The van der Waals surface area contributed by atoms with Gasteiger partial charge in [-0.2, -0.15) is 0 Å². The standard InChI is InChI=1S/C32H36Cl2N2O7/c1-42-26-14-20(17-38)12-21-28-22(32(41)35-10-11-37)15-25(29(40)31(28)43-30(21)26)36(16-19-6-8-23(33)24(34)13-19)27(39)9-7-18-4-2-3-5-18/h6,8,12-15,17-18,25,28-29,31,37,40H,2-5,7,9-11,16H2,1H3,(H,35,41). The molecule has 0 spiro atoms. The number of amides is 2. The molecule has 0 aromatic heterocycles. The fourth-order valence-electron chi connectivity index (χ4n) is 6.52. The second-order valence-corrected chi connectivity index (χ2v) is 12.2. The van der Waals surface area contributed by atoms with Crippen molar-refractivity contribution >= 4 is 41.3 Å². The fourth-order valence-corrected chi connectivity index (χ4v) is 6.84. The predicted octanol–water partition coefficient (Wildman–Crippen LogP) is 4.44. The van der Waals surface area contributed by atoms with E-state index in [9.17, 15) is 24.6 Å². The number of benzene rings is 2. The molecule has 230 valence electrons. The lowest BCUT2D eigenvalue weighted by molar-refractivity contribution is -0.138. The zero-order chi connectivity index (χ0) is 30.7. The molecule has 1 saturated carbocycles. The molecule has 2 aromatic carbocycles.